The molecule has 0 saturated heterocycles. The summed E-state index contributed by atoms with van der Waals surface area (Å²) in [7, 11) is 0. The maximum atomic E-state index is 12.6. The van der Waals surface area contributed by atoms with E-state index in [9.17, 15) is 4.79 Å². The number of imidazole rings is 2. The van der Waals surface area contributed by atoms with Gasteiger partial charge in [0.15, 0.2) is 5.82 Å². The Morgan fingerprint density at radius 1 is 1.00 bits per heavy atom. The number of amides is 1. The number of aromatic amines is 2. The van der Waals surface area contributed by atoms with Gasteiger partial charge in [0.1, 0.15) is 17.7 Å². The van der Waals surface area contributed by atoms with Crippen molar-refractivity contribution in [2.45, 2.75) is 13.3 Å². The Labute approximate surface area is 205 Å². The highest BCUT2D eigenvalue weighted by Gasteiger charge is 2.13. The van der Waals surface area contributed by atoms with Gasteiger partial charge in [-0.15, -0.1) is 0 Å². The van der Waals surface area contributed by atoms with Crippen LogP contribution in [0.15, 0.2) is 79.6 Å². The average Bonchev–Trinajstić information content (AvgIpc) is 3.64. The summed E-state index contributed by atoms with van der Waals surface area (Å²) in [5, 5.41) is 10.1. The van der Waals surface area contributed by atoms with E-state index >= 15 is 0 Å². The zero-order valence-electron chi connectivity index (χ0n) is 19.3. The van der Waals surface area contributed by atoms with E-state index < -0.39 is 0 Å². The van der Waals surface area contributed by atoms with E-state index in [-0.39, 0.29) is 12.3 Å². The summed E-state index contributed by atoms with van der Waals surface area (Å²) >= 11 is 0. The highest BCUT2D eigenvalue weighted by Crippen LogP contribution is 2.25. The molecule has 0 fully saturated rings. The van der Waals surface area contributed by atoms with Gasteiger partial charge in [-0.1, -0.05) is 0 Å². The maximum absolute atomic E-state index is 12.6. The number of carbonyl (C=O) groups excluding carboxylic acids is 1. The fraction of sp³-hybridized carbons (Fsp3) is 0.0769. The molecule has 0 aliphatic heterocycles. The number of aryl methyl sites for hydroxylation is 1. The number of carbonyl (C=O) groups is 1. The monoisotopic (exact) mass is 475 g/mol. The van der Waals surface area contributed by atoms with Crippen LogP contribution in [0.25, 0.3) is 39.5 Å². The summed E-state index contributed by atoms with van der Waals surface area (Å²) in [6.45, 7) is 1.93. The zero-order chi connectivity index (χ0) is 24.5. The Balaban J connectivity index is 1.16. The molecule has 36 heavy (non-hydrogen) atoms. The van der Waals surface area contributed by atoms with Crippen LogP contribution in [-0.2, 0) is 11.2 Å². The number of benzene rings is 1. The Bertz CT molecular complexity index is 1660. The summed E-state index contributed by atoms with van der Waals surface area (Å²) in [6, 6.07) is 15.1. The minimum Gasteiger partial charge on any atom is -0.338 e. The number of nitrogens with zero attached hydrogens (tertiary/aromatic N) is 6. The number of H-pyrrole nitrogens is 2. The van der Waals surface area contributed by atoms with Crippen LogP contribution in [0.3, 0.4) is 0 Å². The molecule has 0 atom stereocenters. The molecule has 10 nitrogen and oxygen atoms in total. The van der Waals surface area contributed by atoms with Crippen LogP contribution < -0.4 is 5.32 Å². The lowest BCUT2D eigenvalue weighted by Crippen LogP contribution is -2.14. The second-order valence-corrected chi connectivity index (χ2v) is 8.36. The Kier molecular flexibility index (Phi) is 5.30. The minimum atomic E-state index is -0.136. The van der Waals surface area contributed by atoms with Crippen LogP contribution in [0.4, 0.5) is 5.69 Å². The first-order valence-electron chi connectivity index (χ1n) is 11.3. The van der Waals surface area contributed by atoms with E-state index in [0.717, 1.165) is 45.1 Å². The third-order valence-electron chi connectivity index (χ3n) is 5.74. The van der Waals surface area contributed by atoms with Gasteiger partial charge in [0.25, 0.3) is 0 Å². The first-order valence-corrected chi connectivity index (χ1v) is 11.3. The molecule has 0 unspecified atom stereocenters. The summed E-state index contributed by atoms with van der Waals surface area (Å²) in [5.74, 6) is 1.29. The van der Waals surface area contributed by atoms with E-state index in [1.54, 1.807) is 24.9 Å². The van der Waals surface area contributed by atoms with Crippen LogP contribution in [-0.4, -0.2) is 45.6 Å². The van der Waals surface area contributed by atoms with Crippen molar-refractivity contribution in [2.24, 2.45) is 0 Å². The van der Waals surface area contributed by atoms with Gasteiger partial charge in [0, 0.05) is 47.3 Å². The van der Waals surface area contributed by atoms with Gasteiger partial charge in [-0.25, -0.2) is 15.0 Å². The van der Waals surface area contributed by atoms with Crippen LogP contribution in [0.2, 0.25) is 0 Å². The van der Waals surface area contributed by atoms with Crippen molar-refractivity contribution >= 4 is 22.6 Å². The highest BCUT2D eigenvalue weighted by molar-refractivity contribution is 5.92. The van der Waals surface area contributed by atoms with Crippen LogP contribution in [0.1, 0.15) is 11.4 Å². The first kappa shape index (κ1) is 21.4. The second kappa shape index (κ2) is 8.91. The molecule has 0 saturated carbocycles. The molecule has 176 valence electrons. The van der Waals surface area contributed by atoms with E-state index in [1.807, 2.05) is 66.2 Å². The van der Waals surface area contributed by atoms with Crippen LogP contribution in [0.5, 0.6) is 0 Å². The number of aromatic nitrogens is 8. The fourth-order valence-corrected chi connectivity index (χ4v) is 4.00. The van der Waals surface area contributed by atoms with Gasteiger partial charge in [-0.3, -0.25) is 19.4 Å². The van der Waals surface area contributed by atoms with Gasteiger partial charge >= 0.3 is 0 Å². The quantitative estimate of drug-likeness (QED) is 0.333. The number of anilines is 1. The van der Waals surface area contributed by atoms with E-state index in [2.05, 4.69) is 35.5 Å². The molecule has 1 amide bonds. The average molecular weight is 476 g/mol. The van der Waals surface area contributed by atoms with E-state index in [0.29, 0.717) is 11.5 Å². The molecule has 10 heteroatoms. The molecule has 6 rings (SSSR count). The van der Waals surface area contributed by atoms with Gasteiger partial charge in [0.2, 0.25) is 5.91 Å². The SMILES string of the molecule is Cc1cn(-c2nccc3[nH]c(-c4ccc(NC(=O)Cc5cc(-c6ccncc6)n[nH]5)cc4)nc23)cn1. The standard InChI is InChI=1S/C26H21N9O/c1-16-14-35(15-29-16)26-24-21(8-11-28-26)31-25(32-24)18-2-4-19(5-3-18)30-23(36)13-20-12-22(34-33-20)17-6-9-27-10-7-17/h2-12,14-15H,13H2,1H3,(H,30,36)(H,31,32)(H,33,34). The van der Waals surface area contributed by atoms with Crippen LogP contribution in [0, 0.1) is 6.92 Å². The number of fused-ring (bicyclic) bond motifs is 1. The minimum absolute atomic E-state index is 0.136. The number of pyridine rings is 2. The molecule has 1 aromatic carbocycles. The normalized spacial score (nSPS) is 11.1. The molecule has 3 N–H and O–H groups in total. The molecule has 0 radical (unpaired) electrons. The van der Waals surface area contributed by atoms with Crippen molar-refractivity contribution < 1.29 is 4.79 Å². The van der Waals surface area contributed by atoms with Crippen molar-refractivity contribution in [1.29, 1.82) is 0 Å². The van der Waals surface area contributed by atoms with Crippen molar-refractivity contribution in [3.05, 3.63) is 91.0 Å². The Morgan fingerprint density at radius 3 is 2.61 bits per heavy atom. The lowest BCUT2D eigenvalue weighted by atomic mass is 10.1. The van der Waals surface area contributed by atoms with E-state index in [1.165, 1.54) is 0 Å². The van der Waals surface area contributed by atoms with Gasteiger partial charge in [0.05, 0.1) is 23.3 Å². The second-order valence-electron chi connectivity index (χ2n) is 8.36. The van der Waals surface area contributed by atoms with Crippen molar-refractivity contribution in [3.63, 3.8) is 0 Å². The third-order valence-corrected chi connectivity index (χ3v) is 5.74. The summed E-state index contributed by atoms with van der Waals surface area (Å²) in [4.78, 5) is 33.5. The maximum Gasteiger partial charge on any atom is 0.230 e. The molecule has 0 bridgehead atoms. The molecular formula is C26H21N9O. The molecule has 5 heterocycles. The molecule has 6 aromatic rings. The Hall–Kier alpha value is -5.12. The predicted octanol–water partition coefficient (Wildman–Crippen LogP) is 4.09. The summed E-state index contributed by atoms with van der Waals surface area (Å²) in [5.41, 5.74) is 6.59. The van der Waals surface area contributed by atoms with Crippen molar-refractivity contribution in [2.75, 3.05) is 5.32 Å². The van der Waals surface area contributed by atoms with Gasteiger partial charge in [-0.2, -0.15) is 5.10 Å². The molecule has 0 aliphatic rings. The molecule has 0 aliphatic carbocycles. The topological polar surface area (TPSA) is 130 Å². The lowest BCUT2D eigenvalue weighted by Gasteiger charge is -2.05. The number of rotatable bonds is 6. The lowest BCUT2D eigenvalue weighted by molar-refractivity contribution is -0.115. The third kappa shape index (κ3) is 4.23. The fourth-order valence-electron chi connectivity index (χ4n) is 4.00. The predicted molar refractivity (Wildman–Crippen MR) is 135 cm³/mol. The van der Waals surface area contributed by atoms with E-state index in [4.69, 9.17) is 4.98 Å². The molecule has 0 spiro atoms. The van der Waals surface area contributed by atoms with Crippen LogP contribution >= 0.6 is 0 Å². The van der Waals surface area contributed by atoms with Crippen molar-refractivity contribution in [3.8, 4) is 28.5 Å². The number of hydrogen-bond donors (Lipinski definition) is 3. The van der Waals surface area contributed by atoms with Crippen molar-refractivity contribution in [1.82, 2.24) is 39.7 Å². The van der Waals surface area contributed by atoms with Gasteiger partial charge < -0.3 is 10.3 Å². The molecular weight excluding hydrogens is 454 g/mol. The first-order chi connectivity index (χ1) is 17.6. The smallest absolute Gasteiger partial charge is 0.230 e. The number of hydrogen-bond acceptors (Lipinski definition) is 6. The largest absolute Gasteiger partial charge is 0.338 e. The molecule has 5 aromatic heterocycles. The van der Waals surface area contributed by atoms with Gasteiger partial charge in [-0.05, 0) is 55.5 Å². The zero-order valence-corrected chi connectivity index (χ0v) is 19.3. The summed E-state index contributed by atoms with van der Waals surface area (Å²) in [6.07, 6.45) is 8.99. The Morgan fingerprint density at radius 2 is 1.83 bits per heavy atom. The number of nitrogens with one attached hydrogen (secondary N) is 3. The summed E-state index contributed by atoms with van der Waals surface area (Å²) < 4.78 is 1.86. The highest BCUT2D eigenvalue weighted by atomic mass is 16.1.